The highest BCUT2D eigenvalue weighted by Gasteiger charge is 2.30. The highest BCUT2D eigenvalue weighted by Crippen LogP contribution is 2.41. The molecule has 0 radical (unpaired) electrons. The van der Waals surface area contributed by atoms with Crippen LogP contribution in [-0.2, 0) is 0 Å². The van der Waals surface area contributed by atoms with Crippen molar-refractivity contribution in [3.63, 3.8) is 0 Å². The van der Waals surface area contributed by atoms with Crippen LogP contribution in [0, 0.1) is 5.41 Å². The van der Waals surface area contributed by atoms with Crippen molar-refractivity contribution in [1.82, 2.24) is 0 Å². The number of unbranched alkanes of at least 4 members (excludes halogenated alkanes) is 4. The molecule has 1 heteroatoms. The minimum absolute atomic E-state index is 0.534. The van der Waals surface area contributed by atoms with Crippen LogP contribution in [0.3, 0.4) is 0 Å². The lowest BCUT2D eigenvalue weighted by Gasteiger charge is -2.35. The summed E-state index contributed by atoms with van der Waals surface area (Å²) in [5.74, 6) is 0.904. The summed E-state index contributed by atoms with van der Waals surface area (Å²) in [6.07, 6.45) is 15.5. The Morgan fingerprint density at radius 1 is 0.933 bits per heavy atom. The monoisotopic (exact) mass is 230 g/mol. The van der Waals surface area contributed by atoms with Crippen LogP contribution in [0.15, 0.2) is 0 Å². The molecular formula is C14H27Cl. The van der Waals surface area contributed by atoms with Gasteiger partial charge in [-0.25, -0.2) is 0 Å². The Morgan fingerprint density at radius 2 is 1.60 bits per heavy atom. The molecule has 0 amide bonds. The molecule has 1 saturated carbocycles. The van der Waals surface area contributed by atoms with Gasteiger partial charge in [0.15, 0.2) is 0 Å². The van der Waals surface area contributed by atoms with E-state index < -0.39 is 0 Å². The first-order chi connectivity index (χ1) is 7.33. The van der Waals surface area contributed by atoms with E-state index in [1.807, 2.05) is 0 Å². The molecular weight excluding hydrogens is 204 g/mol. The number of halogens is 1. The largest absolute Gasteiger partial charge is 0.126 e. The second-order valence-electron chi connectivity index (χ2n) is 5.36. The first-order valence-electron chi connectivity index (χ1n) is 6.89. The summed E-state index contributed by atoms with van der Waals surface area (Å²) in [5, 5.41) is 0. The van der Waals surface area contributed by atoms with Crippen molar-refractivity contribution in [3.8, 4) is 0 Å². The molecule has 0 spiro atoms. The van der Waals surface area contributed by atoms with Gasteiger partial charge >= 0.3 is 0 Å². The van der Waals surface area contributed by atoms with Gasteiger partial charge in [-0.15, -0.1) is 11.6 Å². The molecule has 1 fully saturated rings. The van der Waals surface area contributed by atoms with E-state index in [-0.39, 0.29) is 0 Å². The van der Waals surface area contributed by atoms with E-state index in [2.05, 4.69) is 6.92 Å². The summed E-state index contributed by atoms with van der Waals surface area (Å²) in [6.45, 7) is 2.28. The molecule has 1 rings (SSSR count). The molecule has 0 atom stereocenters. The third kappa shape index (κ3) is 4.76. The molecule has 15 heavy (non-hydrogen) atoms. The van der Waals surface area contributed by atoms with Gasteiger partial charge in [0.2, 0.25) is 0 Å². The Hall–Kier alpha value is 0.290. The summed E-state index contributed by atoms with van der Waals surface area (Å²) in [7, 11) is 0. The zero-order valence-corrected chi connectivity index (χ0v) is 11.1. The Balaban J connectivity index is 2.15. The first kappa shape index (κ1) is 13.4. The van der Waals surface area contributed by atoms with Crippen molar-refractivity contribution >= 4 is 11.6 Å². The third-order valence-electron chi connectivity index (χ3n) is 4.01. The van der Waals surface area contributed by atoms with Crippen LogP contribution in [0.1, 0.15) is 77.6 Å². The van der Waals surface area contributed by atoms with Gasteiger partial charge in [-0.2, -0.15) is 0 Å². The lowest BCUT2D eigenvalue weighted by atomic mass is 9.72. The SMILES string of the molecule is CCCCCCCC1(CCl)CCCCC1. The van der Waals surface area contributed by atoms with Crippen molar-refractivity contribution in [2.75, 3.05) is 5.88 Å². The standard InChI is InChI=1S/C14H27Cl/c1-2-3-4-5-7-10-14(13-15)11-8-6-9-12-14/h2-13H2,1H3. The van der Waals surface area contributed by atoms with Crippen molar-refractivity contribution in [2.45, 2.75) is 77.6 Å². The number of alkyl halides is 1. The summed E-state index contributed by atoms with van der Waals surface area (Å²) in [6, 6.07) is 0. The molecule has 0 bridgehead atoms. The van der Waals surface area contributed by atoms with Gasteiger partial charge in [0, 0.05) is 5.88 Å². The minimum atomic E-state index is 0.534. The molecule has 0 aliphatic heterocycles. The molecule has 0 nitrogen and oxygen atoms in total. The number of hydrogen-bond donors (Lipinski definition) is 0. The minimum Gasteiger partial charge on any atom is -0.126 e. The molecule has 0 aromatic rings. The van der Waals surface area contributed by atoms with E-state index in [9.17, 15) is 0 Å². The maximum Gasteiger partial charge on any atom is 0.0279 e. The first-order valence-corrected chi connectivity index (χ1v) is 7.42. The smallest absolute Gasteiger partial charge is 0.0279 e. The second-order valence-corrected chi connectivity index (χ2v) is 5.63. The van der Waals surface area contributed by atoms with E-state index in [0.29, 0.717) is 5.41 Å². The van der Waals surface area contributed by atoms with E-state index in [0.717, 1.165) is 5.88 Å². The topological polar surface area (TPSA) is 0 Å². The quantitative estimate of drug-likeness (QED) is 0.398. The molecule has 90 valence electrons. The lowest BCUT2D eigenvalue weighted by molar-refractivity contribution is 0.197. The van der Waals surface area contributed by atoms with E-state index in [1.54, 1.807) is 0 Å². The number of hydrogen-bond acceptors (Lipinski definition) is 0. The zero-order valence-electron chi connectivity index (χ0n) is 10.4. The van der Waals surface area contributed by atoms with Crippen LogP contribution in [0.4, 0.5) is 0 Å². The molecule has 0 heterocycles. The lowest BCUT2D eigenvalue weighted by Crippen LogP contribution is -2.25. The van der Waals surface area contributed by atoms with Gasteiger partial charge in [0.25, 0.3) is 0 Å². The summed E-state index contributed by atoms with van der Waals surface area (Å²) in [5.41, 5.74) is 0.534. The fraction of sp³-hybridized carbons (Fsp3) is 1.00. The average Bonchev–Trinajstić information content (AvgIpc) is 2.30. The van der Waals surface area contributed by atoms with Crippen LogP contribution in [0.5, 0.6) is 0 Å². The molecule has 0 unspecified atom stereocenters. The molecule has 0 saturated heterocycles. The third-order valence-corrected chi connectivity index (χ3v) is 4.58. The van der Waals surface area contributed by atoms with Crippen LogP contribution >= 0.6 is 11.6 Å². The average molecular weight is 231 g/mol. The van der Waals surface area contributed by atoms with Crippen LogP contribution in [0.25, 0.3) is 0 Å². The highest BCUT2D eigenvalue weighted by molar-refractivity contribution is 6.18. The van der Waals surface area contributed by atoms with Crippen molar-refractivity contribution in [1.29, 1.82) is 0 Å². The predicted molar refractivity (Wildman–Crippen MR) is 69.6 cm³/mol. The normalized spacial score (nSPS) is 20.4. The molecule has 0 aromatic heterocycles. The van der Waals surface area contributed by atoms with Crippen molar-refractivity contribution in [3.05, 3.63) is 0 Å². The Morgan fingerprint density at radius 3 is 2.20 bits per heavy atom. The van der Waals surface area contributed by atoms with E-state index >= 15 is 0 Å². The van der Waals surface area contributed by atoms with Crippen LogP contribution < -0.4 is 0 Å². The Kier molecular flexibility index (Phi) is 6.72. The Bertz CT molecular complexity index is 147. The zero-order chi connectivity index (χ0) is 11.0. The molecule has 1 aliphatic rings. The van der Waals surface area contributed by atoms with Gasteiger partial charge in [0.05, 0.1) is 0 Å². The summed E-state index contributed by atoms with van der Waals surface area (Å²) in [4.78, 5) is 0. The van der Waals surface area contributed by atoms with Gasteiger partial charge in [-0.1, -0.05) is 58.3 Å². The van der Waals surface area contributed by atoms with Crippen molar-refractivity contribution < 1.29 is 0 Å². The number of rotatable bonds is 7. The van der Waals surface area contributed by atoms with Gasteiger partial charge < -0.3 is 0 Å². The fourth-order valence-corrected chi connectivity index (χ4v) is 3.26. The van der Waals surface area contributed by atoms with Gasteiger partial charge in [0.1, 0.15) is 0 Å². The van der Waals surface area contributed by atoms with Crippen LogP contribution in [-0.4, -0.2) is 5.88 Å². The summed E-state index contributed by atoms with van der Waals surface area (Å²) < 4.78 is 0. The van der Waals surface area contributed by atoms with Crippen molar-refractivity contribution in [2.24, 2.45) is 5.41 Å². The maximum atomic E-state index is 6.18. The van der Waals surface area contributed by atoms with E-state index in [1.165, 1.54) is 70.6 Å². The highest BCUT2D eigenvalue weighted by atomic mass is 35.5. The van der Waals surface area contributed by atoms with Gasteiger partial charge in [-0.05, 0) is 24.7 Å². The Labute approximate surface area is 101 Å². The van der Waals surface area contributed by atoms with Gasteiger partial charge in [-0.3, -0.25) is 0 Å². The molecule has 1 aliphatic carbocycles. The second kappa shape index (κ2) is 7.54. The molecule has 0 aromatic carbocycles. The van der Waals surface area contributed by atoms with Crippen LogP contribution in [0.2, 0.25) is 0 Å². The fourth-order valence-electron chi connectivity index (χ4n) is 2.86. The maximum absolute atomic E-state index is 6.18. The van der Waals surface area contributed by atoms with E-state index in [4.69, 9.17) is 11.6 Å². The molecule has 0 N–H and O–H groups in total. The summed E-state index contributed by atoms with van der Waals surface area (Å²) >= 11 is 6.18. The predicted octanol–water partition coefficient (Wildman–Crippen LogP) is 5.54.